The number of aryl methyl sites for hydroxylation is 4. The van der Waals surface area contributed by atoms with Gasteiger partial charge in [0.1, 0.15) is 46.0 Å². The van der Waals surface area contributed by atoms with Crippen LogP contribution in [0.2, 0.25) is 0 Å². The van der Waals surface area contributed by atoms with E-state index >= 15 is 0 Å². The molecule has 5 saturated heterocycles. The number of rotatable bonds is 22. The van der Waals surface area contributed by atoms with E-state index < -0.39 is 29.6 Å². The van der Waals surface area contributed by atoms with Crippen LogP contribution in [0.4, 0.5) is 23.3 Å². The highest BCUT2D eigenvalue weighted by molar-refractivity contribution is 7.18. The van der Waals surface area contributed by atoms with Crippen LogP contribution in [0, 0.1) is 27.7 Å². The number of carbonyl (C=O) groups excluding carboxylic acids is 8. The van der Waals surface area contributed by atoms with E-state index in [4.69, 9.17) is 0 Å². The van der Waals surface area contributed by atoms with Gasteiger partial charge in [-0.1, -0.05) is 0 Å². The van der Waals surface area contributed by atoms with Crippen LogP contribution < -0.4 is 42.5 Å². The van der Waals surface area contributed by atoms with E-state index in [1.807, 2.05) is 99.4 Å². The molecular weight excluding hydrogens is 1750 g/mol. The third-order valence-corrected chi connectivity index (χ3v) is 27.6. The van der Waals surface area contributed by atoms with Gasteiger partial charge in [-0.2, -0.15) is 0 Å². The lowest BCUT2D eigenvalue weighted by Crippen LogP contribution is -2.57. The summed E-state index contributed by atoms with van der Waals surface area (Å²) in [6, 6.07) is 8.28. The predicted molar refractivity (Wildman–Crippen MR) is 525 cm³/mol. The smallest absolute Gasteiger partial charge is 0.280 e. The molecule has 1 saturated carbocycles. The number of amides is 8. The molecule has 13 heterocycles. The maximum Gasteiger partial charge on any atom is 0.280 e. The summed E-state index contributed by atoms with van der Waals surface area (Å²) in [7, 11) is 2.02. The first kappa shape index (κ1) is 102. The van der Waals surface area contributed by atoms with Crippen LogP contribution in [0.1, 0.15) is 306 Å². The molecule has 36 heteroatoms. The van der Waals surface area contributed by atoms with E-state index in [2.05, 4.69) is 177 Å². The molecule has 8 aromatic heterocycles. The highest BCUT2D eigenvalue weighted by atomic mass is 32.1. The Morgan fingerprint density at radius 3 is 0.932 bits per heavy atom. The minimum absolute atomic E-state index is 0.0843. The van der Waals surface area contributed by atoms with Crippen molar-refractivity contribution < 1.29 is 53.7 Å². The normalized spacial score (nSPS) is 19.1. The van der Waals surface area contributed by atoms with E-state index in [-0.39, 0.29) is 133 Å². The maximum atomic E-state index is 13.5. The van der Waals surface area contributed by atoms with Crippen molar-refractivity contribution in [1.82, 2.24) is 85.6 Å². The lowest BCUT2D eigenvalue weighted by atomic mass is 10.1. The third-order valence-electron chi connectivity index (χ3n) is 23.2. The molecule has 6 aliphatic rings. The first-order valence-electron chi connectivity index (χ1n) is 46.0. The molecule has 8 aromatic rings. The Bertz CT molecular complexity index is 5490. The van der Waals surface area contributed by atoms with E-state index in [1.165, 1.54) is 45.3 Å². The Kier molecular flexibility index (Phi) is 33.1. The maximum absolute atomic E-state index is 13.5. The van der Waals surface area contributed by atoms with Gasteiger partial charge < -0.3 is 82.4 Å². The molecule has 1 aliphatic carbocycles. The standard InChI is InChI=1S/C25H35N5O3S.C24H34N6O2S.C24H35N5O3S.C23H33N5O3S/c1-14-12-19(29-25(3,4)5)26-13-16(14)21-20(24(33)30-11-7-8-15(30)2)28-23(34-21)22(32)27-17-9-6-10-18(17)31;1-14-10-18(28-24(3,4)5)25-11-17(14)20-19(23(32)30-9-7-8-15(30)2)27-22(33-20)21(31)26-16-12-29(6)13-16;1-14-11-17(28-23(3,4)5)25-12-16(14)19-18(22(31)29-10-8-9-15(29)2)27-21(33-19)20(30)26-13-24(6,7)32;1-13-10-17(27-23(4,5)6)24-12-16(13)19-18(22(31)28-9-7-8-14(28)2)26-21(32-19)20(30)25-11-15(3)29/h12-13,15,17-18,31H,6-11H2,1-5H3,(H,26,29)(H,27,32);10-11,15-16H,7-9,12-13H2,1-6H3,(H,25,28)(H,26,31);11-12,15,32H,8-10,13H2,1-7H3,(H,25,28)(H,26,30);10,12,14-15,29H,7-9,11H2,1-6H3,(H,24,27)(H,25,30)/t15-,17+,18+;2*15-;14-,15?/m0000/s1. The average Bonchev–Trinajstić information content (AvgIpc) is 1.64. The van der Waals surface area contributed by atoms with Crippen molar-refractivity contribution in [2.45, 2.75) is 306 Å². The lowest BCUT2D eigenvalue weighted by molar-refractivity contribution is 0.0692. The number of aliphatic hydroxyl groups excluding tert-OH is 2. The predicted octanol–water partition coefficient (Wildman–Crippen LogP) is 14.7. The first-order chi connectivity index (χ1) is 61.8. The lowest BCUT2D eigenvalue weighted by Gasteiger charge is -2.36. The number of anilines is 4. The zero-order chi connectivity index (χ0) is 96.7. The second-order valence-corrected chi connectivity index (χ2v) is 44.8. The van der Waals surface area contributed by atoms with Crippen molar-refractivity contribution in [2.75, 3.05) is 80.7 Å². The first-order valence-corrected chi connectivity index (χ1v) is 49.3. The van der Waals surface area contributed by atoms with Crippen LogP contribution in [0.5, 0.6) is 0 Å². The van der Waals surface area contributed by atoms with Crippen LogP contribution in [0.3, 0.4) is 0 Å². The van der Waals surface area contributed by atoms with Gasteiger partial charge in [0.2, 0.25) is 0 Å². The number of likely N-dealkylation sites (N-methyl/N-ethyl adjacent to an activating group) is 1. The second-order valence-electron chi connectivity index (χ2n) is 40.8. The Morgan fingerprint density at radius 1 is 0.417 bits per heavy atom. The Balaban J connectivity index is 0.000000170. The molecule has 5 aliphatic heterocycles. The zero-order valence-corrected chi connectivity index (χ0v) is 84.5. The number of nitrogens with one attached hydrogen (secondary N) is 8. The monoisotopic (exact) mass is 1890 g/mol. The van der Waals surface area contributed by atoms with Crippen molar-refractivity contribution in [3.05, 3.63) is 114 Å². The van der Waals surface area contributed by atoms with Gasteiger partial charge in [-0.05, 0) is 283 Å². The van der Waals surface area contributed by atoms with Crippen molar-refractivity contribution in [3.8, 4) is 41.8 Å². The van der Waals surface area contributed by atoms with Crippen LogP contribution >= 0.6 is 45.3 Å². The van der Waals surface area contributed by atoms with Gasteiger partial charge in [0.15, 0.2) is 20.0 Å². The van der Waals surface area contributed by atoms with Gasteiger partial charge in [-0.3, -0.25) is 38.4 Å². The van der Waals surface area contributed by atoms with Gasteiger partial charge in [-0.25, -0.2) is 39.9 Å². The molecule has 0 bridgehead atoms. The van der Waals surface area contributed by atoms with Gasteiger partial charge in [0, 0.05) is 146 Å². The van der Waals surface area contributed by atoms with Gasteiger partial charge in [-0.15, -0.1) is 45.3 Å². The molecule has 1 unspecified atom stereocenters. The Labute approximate surface area is 792 Å². The fourth-order valence-electron chi connectivity index (χ4n) is 16.5. The highest BCUT2D eigenvalue weighted by Gasteiger charge is 2.40. The number of thiazole rings is 4. The molecule has 132 heavy (non-hydrogen) atoms. The fraction of sp³-hybridized carbons (Fsp3) is 0.583. The van der Waals surface area contributed by atoms with E-state index in [0.29, 0.717) is 62.0 Å². The summed E-state index contributed by atoms with van der Waals surface area (Å²) in [5.74, 6) is 1.09. The quantitative estimate of drug-likeness (QED) is 0.0300. The molecule has 32 nitrogen and oxygen atoms in total. The van der Waals surface area contributed by atoms with E-state index in [9.17, 15) is 53.7 Å². The molecule has 6 fully saturated rings. The summed E-state index contributed by atoms with van der Waals surface area (Å²) in [5.41, 5.74) is 6.68. The summed E-state index contributed by atoms with van der Waals surface area (Å²) in [6.07, 6.45) is 15.8. The van der Waals surface area contributed by atoms with E-state index in [1.54, 1.807) is 45.6 Å². The molecule has 14 rings (SSSR count). The third kappa shape index (κ3) is 26.9. The van der Waals surface area contributed by atoms with Gasteiger partial charge >= 0.3 is 0 Å². The zero-order valence-electron chi connectivity index (χ0n) is 81.2. The average molecular weight is 1890 g/mol. The summed E-state index contributed by atoms with van der Waals surface area (Å²) < 4.78 is 0. The van der Waals surface area contributed by atoms with Crippen LogP contribution in [-0.2, 0) is 0 Å². The number of aromatic nitrogens is 8. The number of hydrogen-bond donors (Lipinski definition) is 11. The molecule has 8 amide bonds. The number of hydrogen-bond acceptors (Lipinski definition) is 28. The number of likely N-dealkylation sites (tertiary alicyclic amines) is 5. The van der Waals surface area contributed by atoms with Crippen molar-refractivity contribution in [1.29, 1.82) is 0 Å². The van der Waals surface area contributed by atoms with Gasteiger partial charge in [0.05, 0.1) is 49.4 Å². The van der Waals surface area contributed by atoms with Crippen LogP contribution in [-0.4, -0.2) is 263 Å². The summed E-state index contributed by atoms with van der Waals surface area (Å²) in [5, 5.41) is 55.3. The summed E-state index contributed by atoms with van der Waals surface area (Å²) in [6.45, 7) is 50.4. The Morgan fingerprint density at radius 2 is 0.697 bits per heavy atom. The summed E-state index contributed by atoms with van der Waals surface area (Å²) in [4.78, 5) is 154. The molecule has 11 N–H and O–H groups in total. The number of aliphatic hydroxyl groups is 3. The fourth-order valence-corrected chi connectivity index (χ4v) is 20.7. The molecule has 0 spiro atoms. The van der Waals surface area contributed by atoms with Gasteiger partial charge in [0.25, 0.3) is 47.3 Å². The highest BCUT2D eigenvalue weighted by Crippen LogP contribution is 2.42. The van der Waals surface area contributed by atoms with Crippen LogP contribution in [0.15, 0.2) is 49.1 Å². The summed E-state index contributed by atoms with van der Waals surface area (Å²) >= 11 is 4.85. The molecule has 7 atom stereocenters. The van der Waals surface area contributed by atoms with Crippen LogP contribution in [0.25, 0.3) is 41.8 Å². The van der Waals surface area contributed by atoms with Crippen molar-refractivity contribution in [2.24, 2.45) is 0 Å². The number of nitrogens with zero attached hydrogens (tertiary/aromatic N) is 13. The van der Waals surface area contributed by atoms with Crippen molar-refractivity contribution >= 4 is 116 Å². The largest absolute Gasteiger partial charge is 0.392 e. The number of carbonyl (C=O) groups is 8. The van der Waals surface area contributed by atoms with E-state index in [0.717, 1.165) is 152 Å². The molecule has 0 aromatic carbocycles. The molecule has 0 radical (unpaired) electrons. The van der Waals surface area contributed by atoms with Crippen molar-refractivity contribution in [3.63, 3.8) is 0 Å². The topological polar surface area (TPSA) is 413 Å². The minimum Gasteiger partial charge on any atom is -0.392 e. The molecular formula is C96H137N21O11S4. The Hall–Kier alpha value is -10.1. The SMILES string of the molecule is Cc1cc(NC(C)(C)C)ncc1-c1sc(C(=O)NC2CN(C)C2)nc1C(=O)N1CCC[C@@H]1C.Cc1cc(NC(C)(C)C)ncc1-c1sc(C(=O)NCC(C)(C)O)nc1C(=O)N1CCC[C@@H]1C.Cc1cc(NC(C)(C)C)ncc1-c1sc(C(=O)NCC(C)O)nc1C(=O)N1CCC[C@@H]1C.Cc1cc(NC(C)(C)C)ncc1-c1sc(C(=O)N[C@@H]2CCC[C@H]2O)nc1C(=O)N1CCC[C@@H]1C. The minimum atomic E-state index is -1.05. The number of pyridine rings is 4. The second kappa shape index (κ2) is 42.7. The molecule has 716 valence electrons.